The summed E-state index contributed by atoms with van der Waals surface area (Å²) in [5, 5.41) is 17.1. The zero-order valence-corrected chi connectivity index (χ0v) is 13.5. The largest absolute Gasteiger partial charge is 0.396 e. The number of hydrogen-bond acceptors (Lipinski definition) is 4. The lowest BCUT2D eigenvalue weighted by Crippen LogP contribution is -2.42. The van der Waals surface area contributed by atoms with Crippen LogP contribution in [0.15, 0.2) is 17.5 Å². The van der Waals surface area contributed by atoms with E-state index in [1.165, 1.54) is 17.8 Å². The number of rotatable bonds is 6. The highest BCUT2D eigenvalue weighted by Crippen LogP contribution is 2.23. The van der Waals surface area contributed by atoms with Gasteiger partial charge < -0.3 is 15.7 Å². The maximum Gasteiger partial charge on any atom is 0.261 e. The quantitative estimate of drug-likeness (QED) is 0.700. The molecule has 2 unspecified atom stereocenters. The Morgan fingerprint density at radius 1 is 1.27 bits per heavy atom. The fourth-order valence-corrected chi connectivity index (χ4v) is 3.50. The molecule has 1 aliphatic rings. The average Bonchev–Trinajstić information content (AvgIpc) is 2.95. The van der Waals surface area contributed by atoms with E-state index < -0.39 is 0 Å². The van der Waals surface area contributed by atoms with Gasteiger partial charge in [-0.05, 0) is 24.3 Å². The fourth-order valence-electron chi connectivity index (χ4n) is 2.86. The molecule has 6 heteroatoms. The van der Waals surface area contributed by atoms with Crippen molar-refractivity contribution < 1.29 is 14.7 Å². The molecule has 1 saturated carbocycles. The Balaban J connectivity index is 1.71. The van der Waals surface area contributed by atoms with Crippen molar-refractivity contribution in [3.05, 3.63) is 22.4 Å². The van der Waals surface area contributed by atoms with Crippen molar-refractivity contribution in [1.82, 2.24) is 10.6 Å². The van der Waals surface area contributed by atoms with E-state index in [4.69, 9.17) is 0 Å². The maximum absolute atomic E-state index is 12.0. The van der Waals surface area contributed by atoms with E-state index in [0.717, 1.165) is 25.7 Å². The Kier molecular flexibility index (Phi) is 6.86. The third kappa shape index (κ3) is 5.10. The van der Waals surface area contributed by atoms with Crippen molar-refractivity contribution in [2.75, 3.05) is 13.2 Å². The van der Waals surface area contributed by atoms with Crippen LogP contribution < -0.4 is 10.6 Å². The topological polar surface area (TPSA) is 78.4 Å². The zero-order valence-electron chi connectivity index (χ0n) is 12.7. The second-order valence-electron chi connectivity index (χ2n) is 5.74. The second-order valence-corrected chi connectivity index (χ2v) is 6.69. The molecule has 0 bridgehead atoms. The molecule has 2 amide bonds. The van der Waals surface area contributed by atoms with Crippen LogP contribution in [0.25, 0.3) is 0 Å². The highest BCUT2D eigenvalue weighted by atomic mass is 32.1. The number of aliphatic hydroxyl groups is 1. The van der Waals surface area contributed by atoms with Crippen LogP contribution in [0.2, 0.25) is 0 Å². The number of nitrogens with one attached hydrogen (secondary N) is 2. The molecule has 0 spiro atoms. The highest BCUT2D eigenvalue weighted by Gasteiger charge is 2.24. The Hall–Kier alpha value is -1.40. The Morgan fingerprint density at radius 3 is 2.82 bits per heavy atom. The van der Waals surface area contributed by atoms with E-state index in [9.17, 15) is 14.7 Å². The first-order chi connectivity index (χ1) is 10.7. The molecule has 0 saturated heterocycles. The molecule has 1 heterocycles. The van der Waals surface area contributed by atoms with Gasteiger partial charge in [0, 0.05) is 31.5 Å². The molecule has 3 N–H and O–H groups in total. The van der Waals surface area contributed by atoms with Gasteiger partial charge in [0.1, 0.15) is 0 Å². The van der Waals surface area contributed by atoms with E-state index in [1.54, 1.807) is 6.07 Å². The number of hydrogen-bond donors (Lipinski definition) is 3. The van der Waals surface area contributed by atoms with E-state index in [0.29, 0.717) is 11.4 Å². The number of thiophene rings is 1. The molecular formula is C16H24N2O3S. The van der Waals surface area contributed by atoms with E-state index >= 15 is 0 Å². The summed E-state index contributed by atoms with van der Waals surface area (Å²) in [4.78, 5) is 24.4. The fraction of sp³-hybridized carbons (Fsp3) is 0.625. The molecule has 1 fully saturated rings. The van der Waals surface area contributed by atoms with Crippen molar-refractivity contribution >= 4 is 23.2 Å². The third-order valence-corrected chi connectivity index (χ3v) is 4.99. The zero-order chi connectivity index (χ0) is 15.8. The first kappa shape index (κ1) is 17.0. The van der Waals surface area contributed by atoms with Crippen molar-refractivity contribution in [1.29, 1.82) is 0 Å². The molecule has 122 valence electrons. The molecule has 1 aromatic heterocycles. The smallest absolute Gasteiger partial charge is 0.261 e. The van der Waals surface area contributed by atoms with Crippen LogP contribution in [0.5, 0.6) is 0 Å². The number of carbonyl (C=O) groups is 2. The van der Waals surface area contributed by atoms with Crippen molar-refractivity contribution in [3.8, 4) is 0 Å². The van der Waals surface area contributed by atoms with Gasteiger partial charge in [-0.15, -0.1) is 11.3 Å². The predicted octanol–water partition coefficient (Wildman–Crippen LogP) is 1.93. The van der Waals surface area contributed by atoms with Gasteiger partial charge >= 0.3 is 0 Å². The monoisotopic (exact) mass is 324 g/mol. The molecule has 2 atom stereocenters. The normalized spacial score (nSPS) is 21.9. The number of aliphatic hydroxyl groups excluding tert-OH is 1. The van der Waals surface area contributed by atoms with Crippen LogP contribution in [0.4, 0.5) is 0 Å². The third-order valence-electron chi connectivity index (χ3n) is 4.12. The molecular weight excluding hydrogens is 300 g/mol. The summed E-state index contributed by atoms with van der Waals surface area (Å²) in [5.41, 5.74) is 0. The summed E-state index contributed by atoms with van der Waals surface area (Å²) in [6.07, 6.45) is 5.55. The van der Waals surface area contributed by atoms with Crippen LogP contribution in [0, 0.1) is 5.92 Å². The van der Waals surface area contributed by atoms with Crippen molar-refractivity contribution in [2.24, 2.45) is 5.92 Å². The lowest BCUT2D eigenvalue weighted by atomic mass is 9.95. The van der Waals surface area contributed by atoms with E-state index in [1.807, 2.05) is 11.4 Å². The molecule has 0 aliphatic heterocycles. The van der Waals surface area contributed by atoms with Crippen LogP contribution in [0.1, 0.15) is 48.2 Å². The summed E-state index contributed by atoms with van der Waals surface area (Å²) in [6, 6.07) is 3.65. The summed E-state index contributed by atoms with van der Waals surface area (Å²) < 4.78 is 0. The SMILES string of the molecule is O=C(CCNC(=O)c1cccs1)NC1CCCCCC1CO. The summed E-state index contributed by atoms with van der Waals surface area (Å²) in [6.45, 7) is 0.457. The van der Waals surface area contributed by atoms with Crippen molar-refractivity contribution in [2.45, 2.75) is 44.6 Å². The standard InChI is InChI=1S/C16H24N2O3S/c19-11-12-5-2-1-3-6-13(12)18-15(20)8-9-17-16(21)14-7-4-10-22-14/h4,7,10,12-13,19H,1-3,5-6,8-9,11H2,(H,17,21)(H,18,20). The van der Waals surface area contributed by atoms with Crippen LogP contribution in [-0.4, -0.2) is 36.1 Å². The minimum Gasteiger partial charge on any atom is -0.396 e. The van der Waals surface area contributed by atoms with E-state index in [2.05, 4.69) is 10.6 Å². The molecule has 1 aromatic rings. The van der Waals surface area contributed by atoms with Gasteiger partial charge in [0.2, 0.25) is 5.91 Å². The molecule has 2 rings (SSSR count). The van der Waals surface area contributed by atoms with Gasteiger partial charge in [-0.2, -0.15) is 0 Å². The van der Waals surface area contributed by atoms with E-state index in [-0.39, 0.29) is 36.8 Å². The highest BCUT2D eigenvalue weighted by molar-refractivity contribution is 7.12. The number of amides is 2. The average molecular weight is 324 g/mol. The molecule has 0 aromatic carbocycles. The van der Waals surface area contributed by atoms with Gasteiger partial charge in [-0.1, -0.05) is 25.3 Å². The minimum atomic E-state index is -0.134. The van der Waals surface area contributed by atoms with Gasteiger partial charge in [0.25, 0.3) is 5.91 Å². The molecule has 5 nitrogen and oxygen atoms in total. The van der Waals surface area contributed by atoms with Crippen LogP contribution in [0.3, 0.4) is 0 Å². The lowest BCUT2D eigenvalue weighted by Gasteiger charge is -2.24. The van der Waals surface area contributed by atoms with Crippen LogP contribution in [-0.2, 0) is 4.79 Å². The Bertz CT molecular complexity index is 476. The summed E-state index contributed by atoms with van der Waals surface area (Å²) in [5.74, 6) is -0.0329. The molecule has 22 heavy (non-hydrogen) atoms. The Labute approximate surface area is 135 Å². The Morgan fingerprint density at radius 2 is 2.09 bits per heavy atom. The van der Waals surface area contributed by atoms with Crippen molar-refractivity contribution in [3.63, 3.8) is 0 Å². The second kappa shape index (κ2) is 8.90. The number of carbonyl (C=O) groups excluding carboxylic acids is 2. The summed E-state index contributed by atoms with van der Waals surface area (Å²) in [7, 11) is 0. The minimum absolute atomic E-state index is 0.0585. The van der Waals surface area contributed by atoms with Crippen LogP contribution >= 0.6 is 11.3 Å². The lowest BCUT2D eigenvalue weighted by molar-refractivity contribution is -0.122. The van der Waals surface area contributed by atoms with Gasteiger partial charge in [0.05, 0.1) is 4.88 Å². The summed E-state index contributed by atoms with van der Waals surface area (Å²) >= 11 is 1.38. The predicted molar refractivity (Wildman–Crippen MR) is 86.9 cm³/mol. The first-order valence-electron chi connectivity index (χ1n) is 7.92. The molecule has 1 aliphatic carbocycles. The first-order valence-corrected chi connectivity index (χ1v) is 8.80. The van der Waals surface area contributed by atoms with Gasteiger partial charge in [-0.3, -0.25) is 9.59 Å². The molecule has 0 radical (unpaired) electrons. The van der Waals surface area contributed by atoms with Gasteiger partial charge in [-0.25, -0.2) is 0 Å². The maximum atomic E-state index is 12.0. The van der Waals surface area contributed by atoms with Gasteiger partial charge in [0.15, 0.2) is 0 Å².